The summed E-state index contributed by atoms with van der Waals surface area (Å²) < 4.78 is 20.0. The molecule has 1 aliphatic rings. The monoisotopic (exact) mass is 384 g/mol. The molecule has 0 N–H and O–H groups in total. The third kappa shape index (κ3) is 2.93. The van der Waals surface area contributed by atoms with Crippen molar-refractivity contribution >= 4 is 38.9 Å². The number of fused-ring (bicyclic) bond motifs is 1. The number of aryl methyl sites for hydroxylation is 1. The van der Waals surface area contributed by atoms with Crippen molar-refractivity contribution in [1.29, 1.82) is 0 Å². The number of hydrogen-bond donors (Lipinski definition) is 0. The number of nitrogens with zero attached hydrogens (tertiary/aromatic N) is 2. The van der Waals surface area contributed by atoms with E-state index < -0.39 is 0 Å². The molecule has 0 saturated carbocycles. The molecule has 0 fully saturated rings. The highest BCUT2D eigenvalue weighted by molar-refractivity contribution is 9.10. The molecule has 1 amide bonds. The molecule has 0 spiro atoms. The topological polar surface area (TPSA) is 42.4 Å². The van der Waals surface area contributed by atoms with Crippen LogP contribution >= 0.6 is 27.3 Å². The zero-order chi connectivity index (χ0) is 15.7. The van der Waals surface area contributed by atoms with E-state index in [1.54, 1.807) is 12.5 Å². The Bertz CT molecular complexity index is 720. The highest BCUT2D eigenvalue weighted by Crippen LogP contribution is 2.33. The van der Waals surface area contributed by atoms with Gasteiger partial charge in [-0.1, -0.05) is 15.9 Å². The molecule has 0 unspecified atom stereocenters. The molecule has 116 valence electrons. The number of aromatic nitrogens is 1. The van der Waals surface area contributed by atoms with Crippen molar-refractivity contribution in [3.63, 3.8) is 0 Å². The number of rotatable bonds is 3. The van der Waals surface area contributed by atoms with Crippen LogP contribution in [0, 0.1) is 5.82 Å². The van der Waals surface area contributed by atoms with Gasteiger partial charge in [0.2, 0.25) is 0 Å². The van der Waals surface area contributed by atoms with Crippen molar-refractivity contribution in [1.82, 2.24) is 4.98 Å². The molecule has 2 heterocycles. The molecule has 0 aliphatic carbocycles. The molecule has 3 rings (SSSR count). The molecule has 4 nitrogen and oxygen atoms in total. The third-order valence-corrected chi connectivity index (χ3v) is 4.77. The maximum atomic E-state index is 14.3. The number of amides is 1. The van der Waals surface area contributed by atoms with Crippen LogP contribution in [0.3, 0.4) is 0 Å². The summed E-state index contributed by atoms with van der Waals surface area (Å²) >= 11 is 4.67. The summed E-state index contributed by atoms with van der Waals surface area (Å²) in [5, 5.41) is 2.43. The molecular formula is C15H14BrFN2O2S. The minimum atomic E-state index is -0.384. The van der Waals surface area contributed by atoms with Crippen LogP contribution in [0.15, 0.2) is 22.0 Å². The van der Waals surface area contributed by atoms with Gasteiger partial charge < -0.3 is 9.64 Å². The number of methoxy groups -OCH3 is 1. The maximum absolute atomic E-state index is 14.3. The highest BCUT2D eigenvalue weighted by Gasteiger charge is 2.28. The van der Waals surface area contributed by atoms with Gasteiger partial charge in [0.05, 0.1) is 12.3 Å². The Balaban J connectivity index is 1.94. The molecule has 1 aliphatic heterocycles. The fourth-order valence-corrected chi connectivity index (χ4v) is 3.81. The summed E-state index contributed by atoms with van der Waals surface area (Å²) in [6, 6.07) is 3.26. The van der Waals surface area contributed by atoms with E-state index in [0.717, 1.165) is 23.4 Å². The molecule has 1 aromatic heterocycles. The van der Waals surface area contributed by atoms with Crippen LogP contribution in [0.5, 0.6) is 0 Å². The number of ether oxygens (including phenoxy) is 1. The smallest absolute Gasteiger partial charge is 0.277 e. The molecule has 0 radical (unpaired) electrons. The Morgan fingerprint density at radius 2 is 2.36 bits per heavy atom. The number of anilines is 1. The normalized spacial score (nSPS) is 14.0. The SMILES string of the molecule is COCc1nc(C(=O)N2CCCc3cc(Br)cc(F)c32)cs1. The van der Waals surface area contributed by atoms with Gasteiger partial charge in [-0.15, -0.1) is 11.3 Å². The molecule has 22 heavy (non-hydrogen) atoms. The van der Waals surface area contributed by atoms with E-state index in [2.05, 4.69) is 20.9 Å². The van der Waals surface area contributed by atoms with Crippen molar-refractivity contribution in [2.24, 2.45) is 0 Å². The van der Waals surface area contributed by atoms with Crippen molar-refractivity contribution in [2.45, 2.75) is 19.4 Å². The average Bonchev–Trinajstić information content (AvgIpc) is 2.94. The van der Waals surface area contributed by atoms with Gasteiger partial charge in [0, 0.05) is 23.5 Å². The molecule has 7 heteroatoms. The summed E-state index contributed by atoms with van der Waals surface area (Å²) in [4.78, 5) is 18.4. The van der Waals surface area contributed by atoms with E-state index >= 15 is 0 Å². The van der Waals surface area contributed by atoms with Gasteiger partial charge in [-0.3, -0.25) is 4.79 Å². The zero-order valence-corrected chi connectivity index (χ0v) is 14.3. The first kappa shape index (κ1) is 15.6. The van der Waals surface area contributed by atoms with Crippen LogP contribution in [0.25, 0.3) is 0 Å². The lowest BCUT2D eigenvalue weighted by Crippen LogP contribution is -2.36. The van der Waals surface area contributed by atoms with Gasteiger partial charge in [0.1, 0.15) is 16.5 Å². The van der Waals surface area contributed by atoms with E-state index in [4.69, 9.17) is 4.74 Å². The average molecular weight is 385 g/mol. The van der Waals surface area contributed by atoms with Gasteiger partial charge in [0.25, 0.3) is 5.91 Å². The van der Waals surface area contributed by atoms with E-state index in [9.17, 15) is 9.18 Å². The standard InChI is InChI=1S/C15H14BrFN2O2S/c1-21-7-13-18-12(8-22-13)15(20)19-4-2-3-9-5-10(16)6-11(17)14(9)19/h5-6,8H,2-4,7H2,1H3. The van der Waals surface area contributed by atoms with Gasteiger partial charge in [-0.2, -0.15) is 0 Å². The minimum absolute atomic E-state index is 0.263. The highest BCUT2D eigenvalue weighted by atomic mass is 79.9. The first-order chi connectivity index (χ1) is 10.6. The number of halogens is 2. The summed E-state index contributed by atoms with van der Waals surface area (Å²) in [5.41, 5.74) is 1.56. The Labute approximate surface area is 140 Å². The Morgan fingerprint density at radius 3 is 3.14 bits per heavy atom. The molecule has 1 aromatic carbocycles. The third-order valence-electron chi connectivity index (χ3n) is 3.49. The first-order valence-corrected chi connectivity index (χ1v) is 8.50. The van der Waals surface area contributed by atoms with Crippen LogP contribution in [0.4, 0.5) is 10.1 Å². The second-order valence-corrected chi connectivity index (χ2v) is 6.87. The Morgan fingerprint density at radius 1 is 1.55 bits per heavy atom. The molecular weight excluding hydrogens is 371 g/mol. The second-order valence-electron chi connectivity index (χ2n) is 5.02. The fourth-order valence-electron chi connectivity index (χ4n) is 2.59. The quantitative estimate of drug-likeness (QED) is 0.808. The van der Waals surface area contributed by atoms with Crippen LogP contribution in [-0.2, 0) is 17.8 Å². The lowest BCUT2D eigenvalue weighted by molar-refractivity contribution is 0.0979. The molecule has 0 saturated heterocycles. The maximum Gasteiger partial charge on any atom is 0.277 e. The predicted octanol–water partition coefficient (Wildman–Crippen LogP) is 3.78. The first-order valence-electron chi connectivity index (χ1n) is 6.83. The van der Waals surface area contributed by atoms with Gasteiger partial charge in [-0.25, -0.2) is 9.37 Å². The zero-order valence-electron chi connectivity index (χ0n) is 11.9. The number of thiazole rings is 1. The molecule has 2 aromatic rings. The van der Waals surface area contributed by atoms with Gasteiger partial charge >= 0.3 is 0 Å². The molecule has 0 bridgehead atoms. The lowest BCUT2D eigenvalue weighted by Gasteiger charge is -2.29. The van der Waals surface area contributed by atoms with Crippen LogP contribution in [0.1, 0.15) is 27.5 Å². The predicted molar refractivity (Wildman–Crippen MR) is 86.9 cm³/mol. The summed E-state index contributed by atoms with van der Waals surface area (Å²) in [5.74, 6) is -0.648. The lowest BCUT2D eigenvalue weighted by atomic mass is 10.0. The minimum Gasteiger partial charge on any atom is -0.378 e. The number of carbonyl (C=O) groups excluding carboxylic acids is 1. The van der Waals surface area contributed by atoms with E-state index in [1.165, 1.54) is 22.3 Å². The van der Waals surface area contributed by atoms with Crippen LogP contribution in [-0.4, -0.2) is 24.5 Å². The van der Waals surface area contributed by atoms with Crippen molar-refractivity contribution in [3.05, 3.63) is 44.1 Å². The summed E-state index contributed by atoms with van der Waals surface area (Å²) in [7, 11) is 1.58. The van der Waals surface area contributed by atoms with Crippen molar-refractivity contribution in [3.8, 4) is 0 Å². The largest absolute Gasteiger partial charge is 0.378 e. The Hall–Kier alpha value is -1.31. The van der Waals surface area contributed by atoms with Crippen LogP contribution in [0.2, 0.25) is 0 Å². The number of benzene rings is 1. The van der Waals surface area contributed by atoms with Crippen molar-refractivity contribution < 1.29 is 13.9 Å². The number of hydrogen-bond acceptors (Lipinski definition) is 4. The second kappa shape index (κ2) is 6.44. The van der Waals surface area contributed by atoms with E-state index in [1.807, 2.05) is 6.07 Å². The molecule has 0 atom stereocenters. The van der Waals surface area contributed by atoms with Gasteiger partial charge in [-0.05, 0) is 30.5 Å². The summed E-state index contributed by atoms with van der Waals surface area (Å²) in [6.07, 6.45) is 1.57. The van der Waals surface area contributed by atoms with E-state index in [0.29, 0.717) is 29.0 Å². The summed E-state index contributed by atoms with van der Waals surface area (Å²) in [6.45, 7) is 0.872. The van der Waals surface area contributed by atoms with Crippen molar-refractivity contribution in [2.75, 3.05) is 18.6 Å². The van der Waals surface area contributed by atoms with E-state index in [-0.39, 0.29) is 11.7 Å². The Kier molecular flexibility index (Phi) is 4.56. The fraction of sp³-hybridized carbons (Fsp3) is 0.333. The number of carbonyl (C=O) groups is 1. The van der Waals surface area contributed by atoms with Crippen LogP contribution < -0.4 is 4.90 Å². The van der Waals surface area contributed by atoms with Gasteiger partial charge in [0.15, 0.2) is 0 Å².